The number of nitro benzene ring substituents is 1. The summed E-state index contributed by atoms with van der Waals surface area (Å²) in [4.78, 5) is 83.4. The predicted octanol–water partition coefficient (Wildman–Crippen LogP) is 7.37. The number of benzene rings is 4. The zero-order valence-electron chi connectivity index (χ0n) is 34.5. The number of nitrogens with zero attached hydrogens (tertiary/aromatic N) is 5. The van der Waals surface area contributed by atoms with E-state index in [2.05, 4.69) is 35.9 Å². The Morgan fingerprint density at radius 2 is 0.781 bits per heavy atom. The van der Waals surface area contributed by atoms with Gasteiger partial charge in [0.05, 0.1) is 74.1 Å². The van der Waals surface area contributed by atoms with Crippen LogP contribution in [0, 0.1) is 10.1 Å². The smallest absolute Gasteiger partial charge is 0.356 e. The van der Waals surface area contributed by atoms with Crippen LogP contribution < -0.4 is 34.9 Å². The fourth-order valence-electron chi connectivity index (χ4n) is 7.10. The third-order valence-corrected chi connectivity index (χ3v) is 10.1. The van der Waals surface area contributed by atoms with Crippen LogP contribution in [0.15, 0.2) is 97.1 Å². The first-order valence-electron chi connectivity index (χ1n) is 19.0. The molecule has 0 spiro atoms. The highest BCUT2D eigenvalue weighted by Gasteiger charge is 2.24. The maximum atomic E-state index is 14.1. The second-order valence-corrected chi connectivity index (χ2v) is 13.7. The van der Waals surface area contributed by atoms with Crippen LogP contribution >= 0.6 is 0 Å². The van der Waals surface area contributed by atoms with E-state index in [0.29, 0.717) is 27.3 Å². The minimum atomic E-state index is -0.737. The number of carbonyl (C=O) groups excluding carboxylic acids is 4. The van der Waals surface area contributed by atoms with Gasteiger partial charge in [-0.15, -0.1) is 0 Å². The van der Waals surface area contributed by atoms with Gasteiger partial charge in [0.1, 0.15) is 40.1 Å². The molecule has 8 aromatic rings. The number of hydrogen-bond donors (Lipinski definition) is 3. The Balaban J connectivity index is 1.13. The number of amides is 3. The van der Waals surface area contributed by atoms with Crippen molar-refractivity contribution in [1.82, 2.24) is 19.9 Å². The molecule has 0 fully saturated rings. The molecule has 4 aromatic heterocycles. The Hall–Kier alpha value is -9.00. The lowest BCUT2D eigenvalue weighted by Crippen LogP contribution is -2.17. The molecular weight excluding hydrogens is 829 g/mol. The molecule has 4 aromatic carbocycles. The molecule has 64 heavy (non-hydrogen) atoms. The number of carbonyl (C=O) groups is 4. The van der Waals surface area contributed by atoms with Crippen molar-refractivity contribution in [3.05, 3.63) is 130 Å². The van der Waals surface area contributed by atoms with Crippen LogP contribution in [-0.4, -0.2) is 84.1 Å². The van der Waals surface area contributed by atoms with Crippen LogP contribution in [0.5, 0.6) is 23.0 Å². The second-order valence-electron chi connectivity index (χ2n) is 13.7. The van der Waals surface area contributed by atoms with E-state index in [4.69, 9.17) is 23.7 Å². The van der Waals surface area contributed by atoms with Crippen LogP contribution in [0.1, 0.15) is 42.0 Å². The summed E-state index contributed by atoms with van der Waals surface area (Å²) in [5.41, 5.74) is 0.490. The third kappa shape index (κ3) is 7.64. The van der Waals surface area contributed by atoms with Gasteiger partial charge in [-0.3, -0.25) is 24.5 Å². The summed E-state index contributed by atoms with van der Waals surface area (Å²) in [6.07, 6.45) is 0. The number of aromatic nitrogens is 4. The first-order valence-corrected chi connectivity index (χ1v) is 19.0. The number of methoxy groups -OCH3 is 5. The SMILES string of the molecule is COC(=O)c1cc(OC)c2cccc(NC(=O)c3cc(OC)c4cccc(NC(=O)c5cc(OC)c6cccc(NC(=O)c7cc(OC)c8cccc([N+](=O)[O-])c8n7)c6n5)c4n3)c2n1. The van der Waals surface area contributed by atoms with Gasteiger partial charge >= 0.3 is 5.97 Å². The van der Waals surface area contributed by atoms with E-state index in [1.54, 1.807) is 60.7 Å². The number of ether oxygens (including phenoxy) is 5. The van der Waals surface area contributed by atoms with Gasteiger partial charge in [0.25, 0.3) is 23.4 Å². The summed E-state index contributed by atoms with van der Waals surface area (Å²) in [5.74, 6) is -1.74. The van der Waals surface area contributed by atoms with Crippen LogP contribution in [-0.2, 0) is 4.74 Å². The standard InChI is InChI=1S/C45H34N8O11/c1-60-34-18-29(46-39-23(34)11-7-15-27(39)51-44(56)31-20-36(62-3)25-13-9-17-33(53(58)59)41(25)48-31)42(54)50-26-14-6-10-22-35(61-2)19-30(47-38(22)26)43(55)52-28-16-8-12-24-37(63-4)21-32(45(57)64-5)49-40(24)28/h6-21H,1-5H3,(H,50,54)(H,51,56)(H,52,55). The number of para-hydroxylation sites is 4. The van der Waals surface area contributed by atoms with E-state index in [9.17, 15) is 29.3 Å². The van der Waals surface area contributed by atoms with Crippen molar-refractivity contribution in [3.8, 4) is 23.0 Å². The monoisotopic (exact) mass is 862 g/mol. The number of nitro groups is 1. The number of pyridine rings is 4. The molecule has 320 valence electrons. The third-order valence-electron chi connectivity index (χ3n) is 10.1. The normalized spacial score (nSPS) is 11.0. The van der Waals surface area contributed by atoms with E-state index in [1.165, 1.54) is 71.9 Å². The van der Waals surface area contributed by atoms with Gasteiger partial charge in [0, 0.05) is 51.9 Å². The molecular formula is C45H34N8O11. The average molecular weight is 863 g/mol. The maximum absolute atomic E-state index is 14.1. The minimum absolute atomic E-state index is 0.0339. The summed E-state index contributed by atoms with van der Waals surface area (Å²) >= 11 is 0. The van der Waals surface area contributed by atoms with E-state index in [1.807, 2.05) is 0 Å². The lowest BCUT2D eigenvalue weighted by Gasteiger charge is -2.15. The molecule has 19 heteroatoms. The number of esters is 1. The minimum Gasteiger partial charge on any atom is -0.496 e. The van der Waals surface area contributed by atoms with Gasteiger partial charge in [-0.25, -0.2) is 24.7 Å². The van der Waals surface area contributed by atoms with Crippen molar-refractivity contribution >= 4 is 90.1 Å². The van der Waals surface area contributed by atoms with Gasteiger partial charge in [-0.1, -0.05) is 24.3 Å². The zero-order chi connectivity index (χ0) is 45.2. The molecule has 3 N–H and O–H groups in total. The number of fused-ring (bicyclic) bond motifs is 4. The maximum Gasteiger partial charge on any atom is 0.356 e. The molecule has 19 nitrogen and oxygen atoms in total. The summed E-state index contributed by atoms with van der Waals surface area (Å²) in [6.45, 7) is 0. The number of anilines is 3. The van der Waals surface area contributed by atoms with Gasteiger partial charge < -0.3 is 39.6 Å². The number of non-ortho nitro benzene ring substituents is 1. The number of hydrogen-bond acceptors (Lipinski definition) is 15. The quantitative estimate of drug-likeness (QED) is 0.0617. The van der Waals surface area contributed by atoms with Crippen LogP contribution in [0.3, 0.4) is 0 Å². The van der Waals surface area contributed by atoms with Gasteiger partial charge in [-0.05, 0) is 42.5 Å². The molecule has 3 amide bonds. The number of rotatable bonds is 12. The van der Waals surface area contributed by atoms with E-state index in [-0.39, 0.29) is 84.8 Å². The molecule has 0 saturated carbocycles. The van der Waals surface area contributed by atoms with Gasteiger partial charge in [-0.2, -0.15) is 0 Å². The van der Waals surface area contributed by atoms with Crippen molar-refractivity contribution in [1.29, 1.82) is 0 Å². The highest BCUT2D eigenvalue weighted by Crippen LogP contribution is 2.36. The van der Waals surface area contributed by atoms with Crippen LogP contribution in [0.4, 0.5) is 22.7 Å². The molecule has 4 heterocycles. The Labute approximate surface area is 361 Å². The van der Waals surface area contributed by atoms with Crippen molar-refractivity contribution < 1.29 is 47.8 Å². The largest absolute Gasteiger partial charge is 0.496 e. The fraction of sp³-hybridized carbons (Fsp3) is 0.111. The highest BCUT2D eigenvalue weighted by molar-refractivity contribution is 6.14. The Kier molecular flexibility index (Phi) is 11.2. The van der Waals surface area contributed by atoms with Crippen LogP contribution in [0.2, 0.25) is 0 Å². The zero-order valence-corrected chi connectivity index (χ0v) is 34.5. The molecule has 0 bridgehead atoms. The van der Waals surface area contributed by atoms with E-state index >= 15 is 0 Å². The Morgan fingerprint density at radius 1 is 0.469 bits per heavy atom. The van der Waals surface area contributed by atoms with E-state index in [0.717, 1.165) is 0 Å². The van der Waals surface area contributed by atoms with E-state index < -0.39 is 28.6 Å². The summed E-state index contributed by atoms with van der Waals surface area (Å²) < 4.78 is 27.1. The predicted molar refractivity (Wildman–Crippen MR) is 235 cm³/mol. The summed E-state index contributed by atoms with van der Waals surface area (Å²) in [6, 6.07) is 24.9. The van der Waals surface area contributed by atoms with Crippen molar-refractivity contribution in [3.63, 3.8) is 0 Å². The molecule has 0 aliphatic rings. The molecule has 8 rings (SSSR count). The lowest BCUT2D eigenvalue weighted by molar-refractivity contribution is -0.383. The Bertz CT molecular complexity index is 3270. The Morgan fingerprint density at radius 3 is 1.12 bits per heavy atom. The summed E-state index contributed by atoms with van der Waals surface area (Å²) in [7, 11) is 6.88. The topological polar surface area (TPSA) is 245 Å². The first-order chi connectivity index (χ1) is 31.0. The van der Waals surface area contributed by atoms with Crippen molar-refractivity contribution in [2.45, 2.75) is 0 Å². The molecule has 0 radical (unpaired) electrons. The molecule has 0 atom stereocenters. The molecule has 0 aliphatic heterocycles. The van der Waals surface area contributed by atoms with Gasteiger partial charge in [0.15, 0.2) is 11.2 Å². The van der Waals surface area contributed by atoms with Crippen LogP contribution in [0.25, 0.3) is 43.6 Å². The lowest BCUT2D eigenvalue weighted by atomic mass is 10.1. The van der Waals surface area contributed by atoms with Crippen molar-refractivity contribution in [2.24, 2.45) is 0 Å². The average Bonchev–Trinajstić information content (AvgIpc) is 3.32. The number of nitrogens with one attached hydrogen (secondary N) is 3. The van der Waals surface area contributed by atoms with Gasteiger partial charge in [0.2, 0.25) is 0 Å². The highest BCUT2D eigenvalue weighted by atomic mass is 16.6. The molecule has 0 saturated heterocycles. The fourth-order valence-corrected chi connectivity index (χ4v) is 7.10. The summed E-state index contributed by atoms with van der Waals surface area (Å²) in [5, 5.41) is 22.0. The second kappa shape index (κ2) is 17.2. The molecule has 0 unspecified atom stereocenters. The first kappa shape index (κ1) is 41.7. The molecule has 0 aliphatic carbocycles. The van der Waals surface area contributed by atoms with Crippen molar-refractivity contribution in [2.75, 3.05) is 51.5 Å².